The van der Waals surface area contributed by atoms with Gasteiger partial charge in [0.1, 0.15) is 5.75 Å². The number of carbonyl (C=O) groups excluding carboxylic acids is 2. The van der Waals surface area contributed by atoms with E-state index in [0.29, 0.717) is 19.8 Å². The third-order valence-electron chi connectivity index (χ3n) is 3.30. The van der Waals surface area contributed by atoms with Crippen LogP contribution in [0.1, 0.15) is 38.2 Å². The largest absolute Gasteiger partial charge is 0.494 e. The standard InChI is InChI=1S/C20H26O5/c1-3-19(21)24-15-7-5-6-8-16-25-20(22)14-11-17-9-12-18(13-10-17)23-4-2/h3,9-14H,1,4-8,15-16H2,2H3/b14-11+. The van der Waals surface area contributed by atoms with Crippen LogP contribution in [0.25, 0.3) is 6.08 Å². The minimum Gasteiger partial charge on any atom is -0.494 e. The maximum absolute atomic E-state index is 11.6. The molecule has 0 spiro atoms. The van der Waals surface area contributed by atoms with Gasteiger partial charge in [-0.25, -0.2) is 9.59 Å². The van der Waals surface area contributed by atoms with Gasteiger partial charge in [0.2, 0.25) is 0 Å². The van der Waals surface area contributed by atoms with Crippen LogP contribution in [0.4, 0.5) is 0 Å². The summed E-state index contributed by atoms with van der Waals surface area (Å²) < 4.78 is 15.4. The molecule has 0 amide bonds. The Morgan fingerprint density at radius 1 is 0.960 bits per heavy atom. The van der Waals surface area contributed by atoms with Crippen molar-refractivity contribution in [1.29, 1.82) is 0 Å². The van der Waals surface area contributed by atoms with Crippen LogP contribution in [-0.4, -0.2) is 31.8 Å². The first-order chi connectivity index (χ1) is 12.2. The van der Waals surface area contributed by atoms with Gasteiger partial charge in [0, 0.05) is 12.2 Å². The molecule has 5 nitrogen and oxygen atoms in total. The molecular formula is C20H26O5. The van der Waals surface area contributed by atoms with Gasteiger partial charge < -0.3 is 14.2 Å². The van der Waals surface area contributed by atoms with Crippen molar-refractivity contribution in [2.24, 2.45) is 0 Å². The molecule has 1 aromatic carbocycles. The topological polar surface area (TPSA) is 61.8 Å². The zero-order valence-corrected chi connectivity index (χ0v) is 14.7. The van der Waals surface area contributed by atoms with Gasteiger partial charge in [0.05, 0.1) is 19.8 Å². The van der Waals surface area contributed by atoms with Crippen LogP contribution in [0, 0.1) is 0 Å². The van der Waals surface area contributed by atoms with Gasteiger partial charge in [-0.3, -0.25) is 0 Å². The Labute approximate surface area is 149 Å². The summed E-state index contributed by atoms with van der Waals surface area (Å²) in [4.78, 5) is 22.4. The van der Waals surface area contributed by atoms with Gasteiger partial charge in [-0.05, 0) is 56.4 Å². The van der Waals surface area contributed by atoms with Gasteiger partial charge in [0.25, 0.3) is 0 Å². The van der Waals surface area contributed by atoms with Crippen molar-refractivity contribution < 1.29 is 23.8 Å². The van der Waals surface area contributed by atoms with Crippen LogP contribution >= 0.6 is 0 Å². The number of benzene rings is 1. The molecule has 25 heavy (non-hydrogen) atoms. The third-order valence-corrected chi connectivity index (χ3v) is 3.30. The Bertz CT molecular complexity index is 560. The normalized spacial score (nSPS) is 10.4. The fourth-order valence-electron chi connectivity index (χ4n) is 2.02. The molecule has 0 aromatic heterocycles. The van der Waals surface area contributed by atoms with E-state index in [4.69, 9.17) is 14.2 Å². The van der Waals surface area contributed by atoms with Crippen molar-refractivity contribution >= 4 is 18.0 Å². The highest BCUT2D eigenvalue weighted by Crippen LogP contribution is 2.13. The molecule has 1 rings (SSSR count). The Morgan fingerprint density at radius 2 is 1.56 bits per heavy atom. The Morgan fingerprint density at radius 3 is 2.12 bits per heavy atom. The summed E-state index contributed by atoms with van der Waals surface area (Å²) in [7, 11) is 0. The molecule has 0 saturated carbocycles. The highest BCUT2D eigenvalue weighted by molar-refractivity contribution is 5.87. The number of hydrogen-bond donors (Lipinski definition) is 0. The van der Waals surface area contributed by atoms with Crippen molar-refractivity contribution in [3.05, 3.63) is 48.6 Å². The van der Waals surface area contributed by atoms with Crippen molar-refractivity contribution in [1.82, 2.24) is 0 Å². The fraction of sp³-hybridized carbons (Fsp3) is 0.400. The van der Waals surface area contributed by atoms with E-state index >= 15 is 0 Å². The monoisotopic (exact) mass is 346 g/mol. The molecule has 0 aliphatic rings. The van der Waals surface area contributed by atoms with E-state index in [1.165, 1.54) is 6.08 Å². The summed E-state index contributed by atoms with van der Waals surface area (Å²) in [6, 6.07) is 7.49. The zero-order valence-electron chi connectivity index (χ0n) is 14.7. The first-order valence-corrected chi connectivity index (χ1v) is 8.52. The lowest BCUT2D eigenvalue weighted by molar-refractivity contribution is -0.139. The second-order valence-electron chi connectivity index (χ2n) is 5.29. The molecule has 0 radical (unpaired) electrons. The predicted octanol–water partition coefficient (Wildman–Crippen LogP) is 3.93. The van der Waals surface area contributed by atoms with E-state index in [9.17, 15) is 9.59 Å². The Hall–Kier alpha value is -2.56. The lowest BCUT2D eigenvalue weighted by Gasteiger charge is -2.04. The molecule has 0 aliphatic heterocycles. The first kappa shape index (κ1) is 20.5. The second kappa shape index (κ2) is 12.8. The van der Waals surface area contributed by atoms with Gasteiger partial charge in [-0.15, -0.1) is 0 Å². The van der Waals surface area contributed by atoms with E-state index in [1.54, 1.807) is 6.08 Å². The SMILES string of the molecule is C=CC(=O)OCCCCCCOC(=O)/C=C/c1ccc(OCC)cc1. The van der Waals surface area contributed by atoms with Gasteiger partial charge >= 0.3 is 11.9 Å². The van der Waals surface area contributed by atoms with Crippen LogP contribution < -0.4 is 4.74 Å². The van der Waals surface area contributed by atoms with Gasteiger partial charge in [-0.1, -0.05) is 18.7 Å². The molecule has 1 aromatic rings. The fourth-order valence-corrected chi connectivity index (χ4v) is 2.02. The Kier molecular flexibility index (Phi) is 10.5. The van der Waals surface area contributed by atoms with E-state index < -0.39 is 5.97 Å². The van der Waals surface area contributed by atoms with Crippen LogP contribution in [0.2, 0.25) is 0 Å². The zero-order chi connectivity index (χ0) is 18.3. The maximum atomic E-state index is 11.6. The lowest BCUT2D eigenvalue weighted by Crippen LogP contribution is -2.03. The molecule has 0 bridgehead atoms. The molecule has 0 N–H and O–H groups in total. The predicted molar refractivity (Wildman–Crippen MR) is 97.2 cm³/mol. The summed E-state index contributed by atoms with van der Waals surface area (Å²) in [5.74, 6) is 0.0588. The van der Waals surface area contributed by atoms with E-state index in [2.05, 4.69) is 6.58 Å². The number of ether oxygens (including phenoxy) is 3. The summed E-state index contributed by atoms with van der Waals surface area (Å²) in [6.45, 7) is 6.67. The molecule has 0 atom stereocenters. The summed E-state index contributed by atoms with van der Waals surface area (Å²) in [5, 5.41) is 0. The first-order valence-electron chi connectivity index (χ1n) is 8.52. The molecule has 0 saturated heterocycles. The summed E-state index contributed by atoms with van der Waals surface area (Å²) >= 11 is 0. The maximum Gasteiger partial charge on any atom is 0.330 e. The Balaban J connectivity index is 2.10. The minimum absolute atomic E-state index is 0.353. The third kappa shape index (κ3) is 10.0. The van der Waals surface area contributed by atoms with Crippen molar-refractivity contribution in [2.45, 2.75) is 32.6 Å². The number of esters is 2. The number of hydrogen-bond acceptors (Lipinski definition) is 5. The smallest absolute Gasteiger partial charge is 0.330 e. The van der Waals surface area contributed by atoms with Crippen LogP contribution in [-0.2, 0) is 19.1 Å². The van der Waals surface area contributed by atoms with Crippen molar-refractivity contribution in [3.8, 4) is 5.75 Å². The highest BCUT2D eigenvalue weighted by Gasteiger charge is 1.99. The minimum atomic E-state index is -0.395. The number of rotatable bonds is 12. The van der Waals surface area contributed by atoms with E-state index in [1.807, 2.05) is 31.2 Å². The second-order valence-corrected chi connectivity index (χ2v) is 5.29. The van der Waals surface area contributed by atoms with E-state index in [0.717, 1.165) is 43.1 Å². The van der Waals surface area contributed by atoms with E-state index in [-0.39, 0.29) is 5.97 Å². The molecular weight excluding hydrogens is 320 g/mol. The highest BCUT2D eigenvalue weighted by atomic mass is 16.5. The molecule has 5 heteroatoms. The number of unbranched alkanes of at least 4 members (excludes halogenated alkanes) is 3. The van der Waals surface area contributed by atoms with Gasteiger partial charge in [-0.2, -0.15) is 0 Å². The molecule has 0 unspecified atom stereocenters. The number of carbonyl (C=O) groups is 2. The average molecular weight is 346 g/mol. The summed E-state index contributed by atoms with van der Waals surface area (Å²) in [6.07, 6.45) is 7.71. The van der Waals surface area contributed by atoms with Crippen molar-refractivity contribution in [3.63, 3.8) is 0 Å². The van der Waals surface area contributed by atoms with Crippen LogP contribution in [0.3, 0.4) is 0 Å². The molecule has 0 aliphatic carbocycles. The van der Waals surface area contributed by atoms with Gasteiger partial charge in [0.15, 0.2) is 0 Å². The van der Waals surface area contributed by atoms with Crippen LogP contribution in [0.15, 0.2) is 43.0 Å². The van der Waals surface area contributed by atoms with Crippen LogP contribution in [0.5, 0.6) is 5.75 Å². The van der Waals surface area contributed by atoms with Crippen molar-refractivity contribution in [2.75, 3.05) is 19.8 Å². The molecule has 0 fully saturated rings. The molecule has 136 valence electrons. The summed E-state index contributed by atoms with van der Waals surface area (Å²) in [5.41, 5.74) is 0.912. The molecule has 0 heterocycles. The quantitative estimate of drug-likeness (QED) is 0.326. The lowest BCUT2D eigenvalue weighted by atomic mass is 10.2. The average Bonchev–Trinajstić information content (AvgIpc) is 2.63.